The van der Waals surface area contributed by atoms with Crippen LogP contribution in [0.2, 0.25) is 0 Å². The maximum atomic E-state index is 13.6. The molecule has 0 bridgehead atoms. The number of hydrogen-bond donors (Lipinski definition) is 2. The van der Waals surface area contributed by atoms with E-state index in [0.717, 1.165) is 28.0 Å². The lowest BCUT2D eigenvalue weighted by Gasteiger charge is -2.30. The second-order valence-corrected chi connectivity index (χ2v) is 9.68. The van der Waals surface area contributed by atoms with Gasteiger partial charge in [-0.3, -0.25) is 14.4 Å². The molecule has 33 heavy (non-hydrogen) atoms. The van der Waals surface area contributed by atoms with Crippen LogP contribution in [0.25, 0.3) is 0 Å². The van der Waals surface area contributed by atoms with E-state index < -0.39 is 34.7 Å². The highest BCUT2D eigenvalue weighted by Gasteiger charge is 2.56. The number of methoxy groups -OCH3 is 2. The molecule has 0 aliphatic carbocycles. The fraction of sp³-hybridized carbons (Fsp3) is 0.227. The highest BCUT2D eigenvalue weighted by atomic mass is 32.2. The molecule has 2 aromatic carbocycles. The van der Waals surface area contributed by atoms with Crippen molar-refractivity contribution in [3.05, 3.63) is 62.3 Å². The summed E-state index contributed by atoms with van der Waals surface area (Å²) in [4.78, 5) is 43.3. The Bertz CT molecular complexity index is 1310. The van der Waals surface area contributed by atoms with Gasteiger partial charge in [0.2, 0.25) is 17.6 Å². The van der Waals surface area contributed by atoms with Crippen molar-refractivity contribution in [2.75, 3.05) is 19.1 Å². The number of nitrogens with one attached hydrogen (secondary N) is 1. The maximum absolute atomic E-state index is 13.6. The number of aromatic hydroxyl groups is 1. The molecule has 3 atom stereocenters. The van der Waals surface area contributed by atoms with Gasteiger partial charge in [0.05, 0.1) is 30.9 Å². The second-order valence-electron chi connectivity index (χ2n) is 7.51. The van der Waals surface area contributed by atoms with Gasteiger partial charge < -0.3 is 19.6 Å². The molecule has 0 spiro atoms. The molecule has 0 saturated carbocycles. The van der Waals surface area contributed by atoms with Crippen molar-refractivity contribution in [2.24, 2.45) is 5.92 Å². The van der Waals surface area contributed by atoms with Crippen LogP contribution >= 0.6 is 23.1 Å². The third-order valence-electron chi connectivity index (χ3n) is 5.77. The van der Waals surface area contributed by atoms with E-state index in [1.165, 1.54) is 38.5 Å². The summed E-state index contributed by atoms with van der Waals surface area (Å²) in [7, 11) is 2.77. The Kier molecular flexibility index (Phi) is 5.17. The van der Waals surface area contributed by atoms with Crippen molar-refractivity contribution < 1.29 is 28.6 Å². The number of hydrogen-bond acceptors (Lipinski definition) is 8. The van der Waals surface area contributed by atoms with E-state index in [9.17, 15) is 23.9 Å². The molecule has 3 heterocycles. The smallest absolute Gasteiger partial charge is 0.305 e. The lowest BCUT2D eigenvalue weighted by Crippen LogP contribution is -2.32. The topological polar surface area (TPSA) is 109 Å². The van der Waals surface area contributed by atoms with Gasteiger partial charge in [0, 0.05) is 10.8 Å². The molecule has 1 aromatic heterocycles. The minimum Gasteiger partial charge on any atom is -0.502 e. The summed E-state index contributed by atoms with van der Waals surface area (Å²) in [5.41, 5.74) is 0.827. The van der Waals surface area contributed by atoms with E-state index >= 15 is 0 Å². The van der Waals surface area contributed by atoms with E-state index in [4.69, 9.17) is 9.47 Å². The number of carbonyl (C=O) groups is 2. The van der Waals surface area contributed by atoms with Gasteiger partial charge in [-0.2, -0.15) is 0 Å². The zero-order valence-electron chi connectivity index (χ0n) is 17.3. The number of anilines is 1. The molecular formula is C22H17FN2O6S2. The minimum atomic E-state index is -0.828. The Morgan fingerprint density at radius 1 is 1.03 bits per heavy atom. The first-order valence-corrected chi connectivity index (χ1v) is 11.5. The molecule has 11 heteroatoms. The summed E-state index contributed by atoms with van der Waals surface area (Å²) in [6.07, 6.45) is 0. The molecule has 5 rings (SSSR count). The number of carbonyl (C=O) groups excluding carboxylic acids is 2. The van der Waals surface area contributed by atoms with Crippen molar-refractivity contribution in [1.29, 1.82) is 0 Å². The molecule has 2 aliphatic heterocycles. The normalized spacial score (nSPS) is 21.7. The number of halogens is 1. The molecule has 2 amide bonds. The van der Waals surface area contributed by atoms with E-state index in [1.807, 2.05) is 0 Å². The average molecular weight is 489 g/mol. The highest BCUT2D eigenvalue weighted by molar-refractivity contribution is 8.00. The van der Waals surface area contributed by atoms with Gasteiger partial charge in [0.15, 0.2) is 11.5 Å². The van der Waals surface area contributed by atoms with Crippen molar-refractivity contribution in [3.63, 3.8) is 0 Å². The predicted molar refractivity (Wildman–Crippen MR) is 120 cm³/mol. The summed E-state index contributed by atoms with van der Waals surface area (Å²) >= 11 is 2.11. The van der Waals surface area contributed by atoms with Gasteiger partial charge in [0.25, 0.3) is 0 Å². The number of phenolic OH excluding ortho intramolecular Hbond substituents is 1. The number of aromatic nitrogens is 1. The van der Waals surface area contributed by atoms with Gasteiger partial charge in [-0.15, -0.1) is 0 Å². The number of thioether (sulfide) groups is 1. The molecule has 1 fully saturated rings. The SMILES string of the molecule is COc1cc([C@H]2c3sc(=O)[nH]c3SC3C(=O)N(c4ccc(F)cc4)C(=O)C32)cc(OC)c1O. The second kappa shape index (κ2) is 7.92. The monoisotopic (exact) mass is 488 g/mol. The molecule has 170 valence electrons. The van der Waals surface area contributed by atoms with Gasteiger partial charge in [-0.25, -0.2) is 9.29 Å². The number of ether oxygens (including phenoxy) is 2. The number of nitrogens with zero attached hydrogens (tertiary/aromatic N) is 1. The van der Waals surface area contributed by atoms with Gasteiger partial charge >= 0.3 is 4.87 Å². The lowest BCUT2D eigenvalue weighted by atomic mass is 9.83. The Morgan fingerprint density at radius 3 is 2.27 bits per heavy atom. The average Bonchev–Trinajstić information content (AvgIpc) is 3.29. The fourth-order valence-corrected chi connectivity index (χ4v) is 6.83. The van der Waals surface area contributed by atoms with Gasteiger partial charge in [-0.1, -0.05) is 23.1 Å². The molecular weight excluding hydrogens is 471 g/mol. The first-order valence-electron chi connectivity index (χ1n) is 9.82. The number of aromatic amines is 1. The number of phenols is 1. The summed E-state index contributed by atoms with van der Waals surface area (Å²) in [6, 6.07) is 8.28. The standard InChI is InChI=1S/C22H17FN2O6S2/c1-30-12-7-9(8-13(31-2)16(12)26)14-15-18(32-19-17(14)33-22(29)24-19)21(28)25(20(15)27)11-5-3-10(23)4-6-11/h3-8,14-15,18,26H,1-2H3,(H,24,29)/t14-,15?,18?/m1/s1. The Balaban J connectivity index is 1.68. The number of amides is 2. The zero-order chi connectivity index (χ0) is 23.4. The molecule has 3 aromatic rings. The van der Waals surface area contributed by atoms with Crippen LogP contribution in [0.4, 0.5) is 10.1 Å². The van der Waals surface area contributed by atoms with Crippen LogP contribution in [-0.4, -0.2) is 41.4 Å². The fourth-order valence-electron chi connectivity index (χ4n) is 4.31. The van der Waals surface area contributed by atoms with Gasteiger partial charge in [-0.05, 0) is 42.0 Å². The summed E-state index contributed by atoms with van der Waals surface area (Å²) < 4.78 is 24.0. The van der Waals surface area contributed by atoms with Crippen LogP contribution < -0.4 is 19.2 Å². The molecule has 0 radical (unpaired) electrons. The molecule has 2 unspecified atom stereocenters. The van der Waals surface area contributed by atoms with E-state index in [0.29, 0.717) is 15.5 Å². The highest BCUT2D eigenvalue weighted by Crippen LogP contribution is 2.54. The number of rotatable bonds is 4. The van der Waals surface area contributed by atoms with Crippen LogP contribution in [0.5, 0.6) is 17.2 Å². The summed E-state index contributed by atoms with van der Waals surface area (Å²) in [5.74, 6) is -2.80. The minimum absolute atomic E-state index is 0.135. The van der Waals surface area contributed by atoms with E-state index in [2.05, 4.69) is 4.98 Å². The number of benzene rings is 2. The zero-order valence-corrected chi connectivity index (χ0v) is 19.0. The maximum Gasteiger partial charge on any atom is 0.305 e. The van der Waals surface area contributed by atoms with Crippen LogP contribution in [0, 0.1) is 11.7 Å². The quantitative estimate of drug-likeness (QED) is 0.543. The first kappa shape index (κ1) is 21.5. The molecule has 2 N–H and O–H groups in total. The van der Waals surface area contributed by atoms with Crippen molar-refractivity contribution in [1.82, 2.24) is 4.98 Å². The predicted octanol–water partition coefficient (Wildman–Crippen LogP) is 3.09. The molecule has 2 aliphatic rings. The van der Waals surface area contributed by atoms with Gasteiger partial charge in [0.1, 0.15) is 11.1 Å². The van der Waals surface area contributed by atoms with Crippen molar-refractivity contribution in [2.45, 2.75) is 16.2 Å². The van der Waals surface area contributed by atoms with E-state index in [1.54, 1.807) is 12.1 Å². The van der Waals surface area contributed by atoms with Crippen molar-refractivity contribution >= 4 is 40.6 Å². The summed E-state index contributed by atoms with van der Waals surface area (Å²) in [6.45, 7) is 0. The Hall–Kier alpha value is -3.31. The molecule has 1 saturated heterocycles. The Morgan fingerprint density at radius 2 is 1.67 bits per heavy atom. The Labute approximate surface area is 195 Å². The number of fused-ring (bicyclic) bond motifs is 2. The van der Waals surface area contributed by atoms with E-state index in [-0.39, 0.29) is 27.8 Å². The lowest BCUT2D eigenvalue weighted by molar-refractivity contribution is -0.122. The number of thiazole rings is 1. The largest absolute Gasteiger partial charge is 0.502 e. The van der Waals surface area contributed by atoms with Crippen LogP contribution in [0.15, 0.2) is 46.2 Å². The van der Waals surface area contributed by atoms with Crippen LogP contribution in [0.1, 0.15) is 16.4 Å². The van der Waals surface area contributed by atoms with Crippen molar-refractivity contribution in [3.8, 4) is 17.2 Å². The first-order chi connectivity index (χ1) is 15.8. The summed E-state index contributed by atoms with van der Waals surface area (Å²) in [5, 5.41) is 10.1. The van der Waals surface area contributed by atoms with Crippen LogP contribution in [0.3, 0.4) is 0 Å². The number of imide groups is 1. The number of H-pyrrole nitrogens is 1. The third kappa shape index (κ3) is 3.30. The molecule has 8 nitrogen and oxygen atoms in total. The van der Waals surface area contributed by atoms with Crippen LogP contribution in [-0.2, 0) is 9.59 Å². The third-order valence-corrected chi connectivity index (χ3v) is 8.17.